The first-order chi connectivity index (χ1) is 6.63. The minimum Gasteiger partial charge on any atom is -0.369 e. The van der Waals surface area contributed by atoms with Gasteiger partial charge in [0.25, 0.3) is 0 Å². The molecule has 0 aromatic carbocycles. The molecule has 1 amide bonds. The summed E-state index contributed by atoms with van der Waals surface area (Å²) in [5.41, 5.74) is 5.17. The fourth-order valence-corrected chi connectivity index (χ4v) is 2.16. The molecule has 1 fully saturated rings. The average molecular weight is 199 g/mol. The van der Waals surface area contributed by atoms with Crippen LogP contribution in [0.3, 0.4) is 0 Å². The maximum Gasteiger partial charge on any atom is 0.231 e. The van der Waals surface area contributed by atoms with Crippen LogP contribution in [-0.4, -0.2) is 43.0 Å². The molecular weight excluding hydrogens is 178 g/mol. The molecule has 4 nitrogen and oxygen atoms in total. The number of hydrogen-bond donors (Lipinski definition) is 2. The number of hydrogen-bond acceptors (Lipinski definition) is 3. The average Bonchev–Trinajstić information content (AvgIpc) is 2.09. The van der Waals surface area contributed by atoms with Crippen LogP contribution >= 0.6 is 0 Å². The Balaban J connectivity index is 2.34. The molecule has 2 unspecified atom stereocenters. The number of likely N-dealkylation sites (tertiary alicyclic amines) is 1. The van der Waals surface area contributed by atoms with Crippen LogP contribution in [0.1, 0.15) is 20.3 Å². The van der Waals surface area contributed by atoms with Crippen molar-refractivity contribution < 1.29 is 4.79 Å². The van der Waals surface area contributed by atoms with Crippen LogP contribution in [0, 0.1) is 5.92 Å². The molecule has 0 radical (unpaired) electrons. The fraction of sp³-hybridized carbons (Fsp3) is 0.900. The van der Waals surface area contributed by atoms with Gasteiger partial charge in [0.2, 0.25) is 5.91 Å². The van der Waals surface area contributed by atoms with Gasteiger partial charge in [-0.1, -0.05) is 13.8 Å². The van der Waals surface area contributed by atoms with Crippen molar-refractivity contribution in [2.75, 3.05) is 26.2 Å². The van der Waals surface area contributed by atoms with Crippen LogP contribution in [0.25, 0.3) is 0 Å². The Kier molecular flexibility index (Phi) is 4.35. The highest BCUT2D eigenvalue weighted by atomic mass is 16.1. The molecule has 0 aromatic heterocycles. The van der Waals surface area contributed by atoms with Gasteiger partial charge in [-0.15, -0.1) is 0 Å². The molecule has 0 aromatic rings. The predicted molar refractivity (Wildman–Crippen MR) is 56.9 cm³/mol. The van der Waals surface area contributed by atoms with Gasteiger partial charge in [-0.25, -0.2) is 0 Å². The van der Waals surface area contributed by atoms with E-state index < -0.39 is 0 Å². The summed E-state index contributed by atoms with van der Waals surface area (Å²) in [7, 11) is 0. The van der Waals surface area contributed by atoms with Crippen LogP contribution in [-0.2, 0) is 4.79 Å². The fourth-order valence-electron chi connectivity index (χ4n) is 2.16. The number of primary amides is 1. The second-order valence-corrected chi connectivity index (χ2v) is 4.13. The van der Waals surface area contributed by atoms with E-state index >= 15 is 0 Å². The van der Waals surface area contributed by atoms with Crippen molar-refractivity contribution in [1.82, 2.24) is 10.2 Å². The van der Waals surface area contributed by atoms with Gasteiger partial charge in [-0.2, -0.15) is 0 Å². The molecule has 0 aliphatic carbocycles. The molecule has 82 valence electrons. The number of nitrogens with zero attached hydrogens (tertiary/aromatic N) is 1. The zero-order valence-electron chi connectivity index (χ0n) is 9.12. The normalized spacial score (nSPS) is 29.0. The summed E-state index contributed by atoms with van der Waals surface area (Å²) < 4.78 is 0. The third kappa shape index (κ3) is 3.27. The quantitative estimate of drug-likeness (QED) is 0.659. The highest BCUT2D eigenvalue weighted by molar-refractivity contribution is 5.75. The maximum absolute atomic E-state index is 10.7. The van der Waals surface area contributed by atoms with Gasteiger partial charge < -0.3 is 11.1 Å². The second kappa shape index (κ2) is 5.32. The van der Waals surface area contributed by atoms with Crippen molar-refractivity contribution in [3.8, 4) is 0 Å². The standard InChI is InChI=1S/C10H21N3O/c1-3-12-9-4-5-13(6-8(9)2)7-10(11)14/h8-9,12H,3-7H2,1-2H3,(H2,11,14). The van der Waals surface area contributed by atoms with Gasteiger partial charge in [0.1, 0.15) is 0 Å². The summed E-state index contributed by atoms with van der Waals surface area (Å²) in [6, 6.07) is 0.601. The van der Waals surface area contributed by atoms with E-state index in [1.54, 1.807) is 0 Å². The second-order valence-electron chi connectivity index (χ2n) is 4.13. The maximum atomic E-state index is 10.7. The molecule has 14 heavy (non-hydrogen) atoms. The van der Waals surface area contributed by atoms with Gasteiger partial charge in [0.15, 0.2) is 0 Å². The topological polar surface area (TPSA) is 58.4 Å². The lowest BCUT2D eigenvalue weighted by Crippen LogP contribution is -2.50. The van der Waals surface area contributed by atoms with E-state index in [0.29, 0.717) is 18.5 Å². The van der Waals surface area contributed by atoms with Crippen molar-refractivity contribution >= 4 is 5.91 Å². The summed E-state index contributed by atoms with van der Waals surface area (Å²) in [5, 5.41) is 3.47. The SMILES string of the molecule is CCNC1CCN(CC(N)=O)CC1C. The van der Waals surface area contributed by atoms with Crippen molar-refractivity contribution in [3.63, 3.8) is 0 Å². The van der Waals surface area contributed by atoms with Gasteiger partial charge in [-0.3, -0.25) is 9.69 Å². The summed E-state index contributed by atoms with van der Waals surface area (Å²) in [6.45, 7) is 7.72. The molecule has 0 bridgehead atoms. The Morgan fingerprint density at radius 3 is 2.86 bits per heavy atom. The summed E-state index contributed by atoms with van der Waals surface area (Å²) in [4.78, 5) is 12.9. The lowest BCUT2D eigenvalue weighted by atomic mass is 9.94. The third-order valence-electron chi connectivity index (χ3n) is 2.84. The highest BCUT2D eigenvalue weighted by Gasteiger charge is 2.25. The van der Waals surface area contributed by atoms with Crippen LogP contribution in [0.2, 0.25) is 0 Å². The Morgan fingerprint density at radius 2 is 2.36 bits per heavy atom. The van der Waals surface area contributed by atoms with E-state index in [1.807, 2.05) is 0 Å². The number of amides is 1. The predicted octanol–water partition coefficient (Wildman–Crippen LogP) is -0.208. The van der Waals surface area contributed by atoms with Crippen LogP contribution < -0.4 is 11.1 Å². The molecule has 0 saturated carbocycles. The van der Waals surface area contributed by atoms with E-state index in [0.717, 1.165) is 26.1 Å². The largest absolute Gasteiger partial charge is 0.369 e. The molecule has 4 heteroatoms. The molecule has 1 rings (SSSR count). The smallest absolute Gasteiger partial charge is 0.231 e. The first-order valence-corrected chi connectivity index (χ1v) is 5.37. The summed E-state index contributed by atoms with van der Waals surface area (Å²) >= 11 is 0. The molecule has 0 spiro atoms. The first kappa shape index (κ1) is 11.5. The van der Waals surface area contributed by atoms with Gasteiger partial charge in [0, 0.05) is 19.1 Å². The molecule has 1 aliphatic heterocycles. The van der Waals surface area contributed by atoms with Crippen LogP contribution in [0.15, 0.2) is 0 Å². The van der Waals surface area contributed by atoms with Crippen molar-refractivity contribution in [3.05, 3.63) is 0 Å². The minimum absolute atomic E-state index is 0.223. The zero-order chi connectivity index (χ0) is 10.6. The monoisotopic (exact) mass is 199 g/mol. The number of piperidine rings is 1. The number of rotatable bonds is 4. The van der Waals surface area contributed by atoms with Gasteiger partial charge in [0.05, 0.1) is 6.54 Å². The van der Waals surface area contributed by atoms with Crippen molar-refractivity contribution in [2.24, 2.45) is 11.7 Å². The van der Waals surface area contributed by atoms with Crippen LogP contribution in [0.5, 0.6) is 0 Å². The van der Waals surface area contributed by atoms with E-state index in [1.165, 1.54) is 0 Å². The Hall–Kier alpha value is -0.610. The Bertz CT molecular complexity index is 196. The Morgan fingerprint density at radius 1 is 1.64 bits per heavy atom. The summed E-state index contributed by atoms with van der Waals surface area (Å²) in [5.74, 6) is 0.377. The molecule has 1 saturated heterocycles. The highest BCUT2D eigenvalue weighted by Crippen LogP contribution is 2.15. The number of carbonyl (C=O) groups is 1. The van der Waals surface area contributed by atoms with E-state index in [9.17, 15) is 4.79 Å². The van der Waals surface area contributed by atoms with Crippen LogP contribution in [0.4, 0.5) is 0 Å². The lowest BCUT2D eigenvalue weighted by Gasteiger charge is -2.36. The number of carbonyl (C=O) groups excluding carboxylic acids is 1. The molecule has 2 atom stereocenters. The van der Waals surface area contributed by atoms with Gasteiger partial charge >= 0.3 is 0 Å². The molecule has 3 N–H and O–H groups in total. The van der Waals surface area contributed by atoms with Crippen molar-refractivity contribution in [2.45, 2.75) is 26.3 Å². The first-order valence-electron chi connectivity index (χ1n) is 5.37. The van der Waals surface area contributed by atoms with E-state index in [4.69, 9.17) is 5.73 Å². The summed E-state index contributed by atoms with van der Waals surface area (Å²) in [6.07, 6.45) is 1.11. The number of nitrogens with two attached hydrogens (primary N) is 1. The van der Waals surface area contributed by atoms with Gasteiger partial charge in [-0.05, 0) is 18.9 Å². The van der Waals surface area contributed by atoms with E-state index in [2.05, 4.69) is 24.1 Å². The Labute approximate surface area is 85.8 Å². The molecule has 1 aliphatic rings. The molecule has 1 heterocycles. The zero-order valence-corrected chi connectivity index (χ0v) is 9.12. The van der Waals surface area contributed by atoms with E-state index in [-0.39, 0.29) is 5.91 Å². The van der Waals surface area contributed by atoms with Crippen molar-refractivity contribution in [1.29, 1.82) is 0 Å². The molecular formula is C10H21N3O. The third-order valence-corrected chi connectivity index (χ3v) is 2.84. The lowest BCUT2D eigenvalue weighted by molar-refractivity contribution is -0.119. The minimum atomic E-state index is -0.223. The number of nitrogens with one attached hydrogen (secondary N) is 1.